The van der Waals surface area contributed by atoms with Gasteiger partial charge in [-0.05, 0) is 31.2 Å². The number of benzene rings is 1. The van der Waals surface area contributed by atoms with Crippen molar-refractivity contribution in [1.82, 2.24) is 0 Å². The Kier molecular flexibility index (Phi) is 6.29. The van der Waals surface area contributed by atoms with Gasteiger partial charge in [-0.2, -0.15) is 0 Å². The molecule has 0 aliphatic carbocycles. The van der Waals surface area contributed by atoms with Gasteiger partial charge in [0.1, 0.15) is 0 Å². The highest BCUT2D eigenvalue weighted by Crippen LogP contribution is 2.22. The van der Waals surface area contributed by atoms with Crippen molar-refractivity contribution in [3.05, 3.63) is 33.9 Å². The largest absolute Gasteiger partial charge is 0.396 e. The van der Waals surface area contributed by atoms with E-state index >= 15 is 0 Å². The highest BCUT2D eigenvalue weighted by atomic mass is 16.6. The van der Waals surface area contributed by atoms with Crippen molar-refractivity contribution in [2.24, 2.45) is 5.92 Å². The number of hydrogen-bond acceptors (Lipinski definition) is 4. The Morgan fingerprint density at radius 1 is 1.42 bits per heavy atom. The van der Waals surface area contributed by atoms with Gasteiger partial charge in [0.25, 0.3) is 5.69 Å². The number of nitro benzene ring substituents is 1. The molecular formula is C14H22N2O3. The summed E-state index contributed by atoms with van der Waals surface area (Å²) in [5.41, 5.74) is 1.89. The molecule has 2 N–H and O–H groups in total. The first-order valence-corrected chi connectivity index (χ1v) is 6.68. The van der Waals surface area contributed by atoms with Gasteiger partial charge in [0.05, 0.1) is 4.92 Å². The van der Waals surface area contributed by atoms with Crippen LogP contribution >= 0.6 is 0 Å². The third-order valence-corrected chi connectivity index (χ3v) is 3.25. The van der Waals surface area contributed by atoms with E-state index < -0.39 is 0 Å². The average molecular weight is 266 g/mol. The maximum Gasteiger partial charge on any atom is 0.271 e. The van der Waals surface area contributed by atoms with Crippen LogP contribution in [0.5, 0.6) is 0 Å². The minimum absolute atomic E-state index is 0.0994. The monoisotopic (exact) mass is 266 g/mol. The highest BCUT2D eigenvalue weighted by molar-refractivity contribution is 5.56. The van der Waals surface area contributed by atoms with Crippen LogP contribution in [0.25, 0.3) is 0 Å². The summed E-state index contributed by atoms with van der Waals surface area (Å²) in [6.07, 6.45) is 2.87. The molecule has 0 spiro atoms. The maximum atomic E-state index is 10.8. The number of anilines is 1. The molecule has 1 aromatic rings. The molecule has 1 rings (SSSR count). The molecule has 0 saturated heterocycles. The van der Waals surface area contributed by atoms with Crippen molar-refractivity contribution >= 4 is 11.4 Å². The average Bonchev–Trinajstić information content (AvgIpc) is 2.37. The lowest BCUT2D eigenvalue weighted by atomic mass is 10.00. The number of nitrogens with zero attached hydrogens (tertiary/aromatic N) is 1. The lowest BCUT2D eigenvalue weighted by Gasteiger charge is -2.17. The SMILES string of the molecule is CCCC(CCO)CNc1cc([N+](=O)[O-])ccc1C. The standard InChI is InChI=1S/C14H22N2O3/c1-3-4-12(7-8-17)10-15-14-9-13(16(18)19)6-5-11(14)2/h5-6,9,12,15,17H,3-4,7-8,10H2,1-2H3. The Morgan fingerprint density at radius 3 is 2.74 bits per heavy atom. The molecule has 5 heteroatoms. The van der Waals surface area contributed by atoms with Crippen LogP contribution in [0.15, 0.2) is 18.2 Å². The number of aryl methyl sites for hydroxylation is 1. The molecule has 0 radical (unpaired) electrons. The molecule has 0 heterocycles. The highest BCUT2D eigenvalue weighted by Gasteiger charge is 2.11. The van der Waals surface area contributed by atoms with E-state index in [0.29, 0.717) is 5.92 Å². The molecule has 106 valence electrons. The summed E-state index contributed by atoms with van der Waals surface area (Å²) in [5.74, 6) is 0.397. The first kappa shape index (κ1) is 15.4. The second kappa shape index (κ2) is 7.74. The summed E-state index contributed by atoms with van der Waals surface area (Å²) < 4.78 is 0. The summed E-state index contributed by atoms with van der Waals surface area (Å²) in [6, 6.07) is 4.83. The fraction of sp³-hybridized carbons (Fsp3) is 0.571. The van der Waals surface area contributed by atoms with Gasteiger partial charge in [-0.15, -0.1) is 0 Å². The minimum atomic E-state index is -0.387. The molecule has 1 unspecified atom stereocenters. The first-order chi connectivity index (χ1) is 9.08. The van der Waals surface area contributed by atoms with Crippen LogP contribution in [0.3, 0.4) is 0 Å². The Bertz CT molecular complexity index is 415. The second-order valence-electron chi connectivity index (χ2n) is 4.80. The molecule has 0 aliphatic rings. The summed E-state index contributed by atoms with van der Waals surface area (Å²) in [7, 11) is 0. The van der Waals surface area contributed by atoms with Crippen LogP contribution in [0, 0.1) is 23.0 Å². The summed E-state index contributed by atoms with van der Waals surface area (Å²) in [6.45, 7) is 4.95. The van der Waals surface area contributed by atoms with Gasteiger partial charge in [-0.3, -0.25) is 10.1 Å². The molecule has 19 heavy (non-hydrogen) atoms. The maximum absolute atomic E-state index is 10.8. The number of rotatable bonds is 8. The van der Waals surface area contributed by atoms with E-state index in [1.165, 1.54) is 6.07 Å². The van der Waals surface area contributed by atoms with E-state index in [0.717, 1.165) is 37.1 Å². The number of nitrogens with one attached hydrogen (secondary N) is 1. The molecule has 0 bridgehead atoms. The van der Waals surface area contributed by atoms with E-state index in [9.17, 15) is 10.1 Å². The van der Waals surface area contributed by atoms with Crippen LogP contribution in [-0.2, 0) is 0 Å². The Labute approximate surface area is 113 Å². The summed E-state index contributed by atoms with van der Waals surface area (Å²) in [5, 5.41) is 23.0. The van der Waals surface area contributed by atoms with Gasteiger partial charge in [-0.1, -0.05) is 19.4 Å². The second-order valence-corrected chi connectivity index (χ2v) is 4.80. The fourth-order valence-corrected chi connectivity index (χ4v) is 2.11. The third kappa shape index (κ3) is 4.87. The molecule has 0 amide bonds. The lowest BCUT2D eigenvalue weighted by Crippen LogP contribution is -2.16. The molecule has 0 saturated carbocycles. The summed E-state index contributed by atoms with van der Waals surface area (Å²) >= 11 is 0. The number of nitro groups is 1. The van der Waals surface area contributed by atoms with E-state index in [-0.39, 0.29) is 17.2 Å². The fourth-order valence-electron chi connectivity index (χ4n) is 2.11. The molecule has 0 aromatic heterocycles. The third-order valence-electron chi connectivity index (χ3n) is 3.25. The zero-order chi connectivity index (χ0) is 14.3. The van der Waals surface area contributed by atoms with Crippen molar-refractivity contribution < 1.29 is 10.0 Å². The quantitative estimate of drug-likeness (QED) is 0.560. The molecule has 0 aliphatic heterocycles. The normalized spacial score (nSPS) is 12.2. The van der Waals surface area contributed by atoms with Gasteiger partial charge in [0, 0.05) is 31.0 Å². The van der Waals surface area contributed by atoms with Crippen molar-refractivity contribution in [2.45, 2.75) is 33.1 Å². The Hall–Kier alpha value is -1.62. The van der Waals surface area contributed by atoms with Crippen LogP contribution < -0.4 is 5.32 Å². The topological polar surface area (TPSA) is 75.4 Å². The minimum Gasteiger partial charge on any atom is -0.396 e. The zero-order valence-electron chi connectivity index (χ0n) is 11.6. The van der Waals surface area contributed by atoms with Gasteiger partial charge in [0.15, 0.2) is 0 Å². The van der Waals surface area contributed by atoms with Gasteiger partial charge in [0.2, 0.25) is 0 Å². The lowest BCUT2D eigenvalue weighted by molar-refractivity contribution is -0.384. The predicted octanol–water partition coefficient (Wildman–Crippen LogP) is 3.11. The number of aliphatic hydroxyl groups excluding tert-OH is 1. The Morgan fingerprint density at radius 2 is 2.16 bits per heavy atom. The number of hydrogen-bond donors (Lipinski definition) is 2. The van der Waals surface area contributed by atoms with Crippen LogP contribution in [0.1, 0.15) is 31.7 Å². The Balaban J connectivity index is 2.69. The van der Waals surface area contributed by atoms with Crippen molar-refractivity contribution in [3.8, 4) is 0 Å². The van der Waals surface area contributed by atoms with Crippen molar-refractivity contribution in [2.75, 3.05) is 18.5 Å². The van der Waals surface area contributed by atoms with Crippen LogP contribution in [0.4, 0.5) is 11.4 Å². The molecular weight excluding hydrogens is 244 g/mol. The smallest absolute Gasteiger partial charge is 0.271 e. The zero-order valence-corrected chi connectivity index (χ0v) is 11.6. The van der Waals surface area contributed by atoms with Gasteiger partial charge < -0.3 is 10.4 Å². The molecule has 1 aromatic carbocycles. The molecule has 5 nitrogen and oxygen atoms in total. The van der Waals surface area contributed by atoms with Crippen molar-refractivity contribution in [3.63, 3.8) is 0 Å². The first-order valence-electron chi connectivity index (χ1n) is 6.68. The van der Waals surface area contributed by atoms with Gasteiger partial charge >= 0.3 is 0 Å². The molecule has 1 atom stereocenters. The van der Waals surface area contributed by atoms with E-state index in [2.05, 4.69) is 12.2 Å². The van der Waals surface area contributed by atoms with Crippen LogP contribution in [-0.4, -0.2) is 23.2 Å². The van der Waals surface area contributed by atoms with E-state index in [1.807, 2.05) is 6.92 Å². The predicted molar refractivity (Wildman–Crippen MR) is 76.4 cm³/mol. The summed E-state index contributed by atoms with van der Waals surface area (Å²) in [4.78, 5) is 10.4. The van der Waals surface area contributed by atoms with Gasteiger partial charge in [-0.25, -0.2) is 0 Å². The molecule has 0 fully saturated rings. The number of aliphatic hydroxyl groups is 1. The van der Waals surface area contributed by atoms with Crippen LogP contribution in [0.2, 0.25) is 0 Å². The number of non-ortho nitro benzene ring substituents is 1. The van der Waals surface area contributed by atoms with E-state index in [4.69, 9.17) is 5.11 Å². The van der Waals surface area contributed by atoms with E-state index in [1.54, 1.807) is 12.1 Å². The van der Waals surface area contributed by atoms with Crippen molar-refractivity contribution in [1.29, 1.82) is 0 Å².